The molecule has 0 saturated heterocycles. The zero-order chi connectivity index (χ0) is 33.6. The maximum Gasteiger partial charge on any atom is 0.379 e. The molecule has 0 saturated carbocycles. The average Bonchev–Trinajstić information content (AvgIpc) is 3.03. The van der Waals surface area contributed by atoms with Crippen molar-refractivity contribution in [3.8, 4) is 5.75 Å². The first-order valence-electron chi connectivity index (χ1n) is 15.1. The van der Waals surface area contributed by atoms with Gasteiger partial charge in [-0.15, -0.1) is 0 Å². The fraction of sp³-hybridized carbons (Fsp3) is 0.306. The molecule has 0 bridgehead atoms. The molecule has 0 aliphatic carbocycles. The summed E-state index contributed by atoms with van der Waals surface area (Å²) in [5.41, 5.74) is -0.760. The molecule has 0 fully saturated rings. The lowest BCUT2D eigenvalue weighted by atomic mass is 9.87. The van der Waals surface area contributed by atoms with Crippen LogP contribution in [-0.2, 0) is 30.3 Å². The maximum atomic E-state index is 15.0. The van der Waals surface area contributed by atoms with Gasteiger partial charge >= 0.3 is 5.97 Å². The van der Waals surface area contributed by atoms with E-state index in [1.165, 1.54) is 30.0 Å². The van der Waals surface area contributed by atoms with E-state index in [-0.39, 0.29) is 12.1 Å². The number of nitrogens with one attached hydrogen (secondary N) is 1. The first-order valence-corrected chi connectivity index (χ1v) is 15.1. The number of hydrogen-bond acceptors (Lipinski definition) is 7. The Hall–Kier alpha value is -5.25. The topological polar surface area (TPSA) is 122 Å². The van der Waals surface area contributed by atoms with Crippen LogP contribution in [0.2, 0.25) is 0 Å². The van der Waals surface area contributed by atoms with E-state index in [0.29, 0.717) is 22.4 Å². The lowest BCUT2D eigenvalue weighted by Gasteiger charge is -2.49. The number of esters is 1. The number of amides is 3. The highest BCUT2D eigenvalue weighted by Crippen LogP contribution is 2.38. The van der Waals surface area contributed by atoms with E-state index in [2.05, 4.69) is 5.32 Å². The number of Topliss-reactive ketones (excluding diaryl/α,β-unsaturated/α-hetero) is 1. The van der Waals surface area contributed by atoms with Crippen molar-refractivity contribution in [2.75, 3.05) is 7.11 Å². The van der Waals surface area contributed by atoms with Gasteiger partial charge in [-0.05, 0) is 55.2 Å². The van der Waals surface area contributed by atoms with Crippen LogP contribution in [0.5, 0.6) is 5.75 Å². The van der Waals surface area contributed by atoms with Gasteiger partial charge in [-0.1, -0.05) is 74.5 Å². The van der Waals surface area contributed by atoms with Crippen molar-refractivity contribution in [1.29, 1.82) is 0 Å². The molecule has 1 N–H and O–H groups in total. The van der Waals surface area contributed by atoms with E-state index in [0.717, 1.165) is 0 Å². The molecule has 3 amide bonds. The van der Waals surface area contributed by atoms with Crippen molar-refractivity contribution in [3.63, 3.8) is 0 Å². The van der Waals surface area contributed by atoms with Crippen LogP contribution < -0.4 is 10.1 Å². The van der Waals surface area contributed by atoms with Crippen LogP contribution in [-0.4, -0.2) is 64.2 Å². The van der Waals surface area contributed by atoms with Crippen LogP contribution in [0.1, 0.15) is 56.1 Å². The van der Waals surface area contributed by atoms with Gasteiger partial charge in [0.25, 0.3) is 17.6 Å². The number of hydrogen-bond donors (Lipinski definition) is 1. The van der Waals surface area contributed by atoms with Crippen molar-refractivity contribution in [3.05, 3.63) is 108 Å². The third kappa shape index (κ3) is 7.01. The number of carbonyl (C=O) groups excluding carboxylic acids is 5. The highest BCUT2D eigenvalue weighted by molar-refractivity contribution is 6.38. The SMILES string of the molecule is COc1ccc(C(=O)N2C=C(c3ccccc3)N([C@](Cc3ccccc3)(NC(C)=O)C(=O)C(=O)OC(C)C)C(=O)C2C(C)C)cc1. The largest absolute Gasteiger partial charge is 0.497 e. The van der Waals surface area contributed by atoms with E-state index in [1.807, 2.05) is 0 Å². The molecule has 10 nitrogen and oxygen atoms in total. The Balaban J connectivity index is 2.03. The third-order valence-electron chi connectivity index (χ3n) is 7.52. The predicted octanol–water partition coefficient (Wildman–Crippen LogP) is 4.60. The first-order chi connectivity index (χ1) is 21.9. The van der Waals surface area contributed by atoms with Crippen LogP contribution >= 0.6 is 0 Å². The second-order valence-electron chi connectivity index (χ2n) is 11.7. The summed E-state index contributed by atoms with van der Waals surface area (Å²) in [6.45, 7) is 7.97. The Bertz CT molecular complexity index is 1620. The average molecular weight is 626 g/mol. The smallest absolute Gasteiger partial charge is 0.379 e. The molecule has 1 unspecified atom stereocenters. The van der Waals surface area contributed by atoms with Gasteiger partial charge in [-0.25, -0.2) is 4.79 Å². The van der Waals surface area contributed by atoms with Gasteiger partial charge in [0, 0.05) is 25.1 Å². The molecule has 0 aromatic heterocycles. The van der Waals surface area contributed by atoms with Gasteiger partial charge < -0.3 is 19.7 Å². The number of methoxy groups -OCH3 is 1. The van der Waals surface area contributed by atoms with Crippen molar-refractivity contribution in [1.82, 2.24) is 15.1 Å². The fourth-order valence-corrected chi connectivity index (χ4v) is 5.56. The zero-order valence-electron chi connectivity index (χ0n) is 26.9. The second kappa shape index (κ2) is 14.2. The molecule has 1 aliphatic heterocycles. The number of carbonyl (C=O) groups is 5. The molecular weight excluding hydrogens is 586 g/mol. The van der Waals surface area contributed by atoms with Gasteiger partial charge in [0.05, 0.1) is 18.9 Å². The predicted molar refractivity (Wildman–Crippen MR) is 172 cm³/mol. The van der Waals surface area contributed by atoms with E-state index >= 15 is 0 Å². The highest BCUT2D eigenvalue weighted by atomic mass is 16.5. The molecule has 0 radical (unpaired) electrons. The molecule has 3 aromatic carbocycles. The quantitative estimate of drug-likeness (QED) is 0.244. The Morgan fingerprint density at radius 2 is 1.46 bits per heavy atom. The number of ketones is 1. The summed E-state index contributed by atoms with van der Waals surface area (Å²) in [4.78, 5) is 72.4. The monoisotopic (exact) mass is 625 g/mol. The summed E-state index contributed by atoms with van der Waals surface area (Å²) in [5, 5.41) is 2.70. The van der Waals surface area contributed by atoms with E-state index in [9.17, 15) is 24.0 Å². The summed E-state index contributed by atoms with van der Waals surface area (Å²) in [5.74, 6) is -4.00. The second-order valence-corrected chi connectivity index (χ2v) is 11.7. The van der Waals surface area contributed by atoms with E-state index in [4.69, 9.17) is 9.47 Å². The number of benzene rings is 3. The van der Waals surface area contributed by atoms with Crippen molar-refractivity contribution >= 4 is 35.2 Å². The van der Waals surface area contributed by atoms with Crippen LogP contribution in [0.15, 0.2) is 91.1 Å². The van der Waals surface area contributed by atoms with Gasteiger partial charge in [-0.2, -0.15) is 0 Å². The number of rotatable bonds is 11. The molecule has 240 valence electrons. The minimum atomic E-state index is -2.25. The molecule has 1 heterocycles. The molecular formula is C36H39N3O7. The van der Waals surface area contributed by atoms with Gasteiger partial charge in [0.1, 0.15) is 11.8 Å². The number of nitrogens with zero attached hydrogens (tertiary/aromatic N) is 2. The van der Waals surface area contributed by atoms with Crippen LogP contribution in [0.25, 0.3) is 5.70 Å². The van der Waals surface area contributed by atoms with Gasteiger partial charge in [-0.3, -0.25) is 24.1 Å². The maximum absolute atomic E-state index is 15.0. The minimum absolute atomic E-state index is 0.139. The summed E-state index contributed by atoms with van der Waals surface area (Å²) in [7, 11) is 1.52. The molecule has 0 spiro atoms. The summed E-state index contributed by atoms with van der Waals surface area (Å²) in [6, 6.07) is 22.9. The highest BCUT2D eigenvalue weighted by Gasteiger charge is 2.56. The van der Waals surface area contributed by atoms with Crippen molar-refractivity contribution in [2.24, 2.45) is 5.92 Å². The lowest BCUT2D eigenvalue weighted by molar-refractivity contribution is -0.165. The summed E-state index contributed by atoms with van der Waals surface area (Å²) < 4.78 is 10.6. The normalized spacial score (nSPS) is 16.0. The first kappa shape index (κ1) is 33.6. The van der Waals surface area contributed by atoms with Crippen LogP contribution in [0.4, 0.5) is 0 Å². The van der Waals surface area contributed by atoms with Crippen LogP contribution in [0, 0.1) is 5.92 Å². The molecule has 2 atom stereocenters. The van der Waals surface area contributed by atoms with Crippen LogP contribution in [0.3, 0.4) is 0 Å². The molecule has 1 aliphatic rings. The molecule has 3 aromatic rings. The van der Waals surface area contributed by atoms with Gasteiger partial charge in [0.2, 0.25) is 5.91 Å². The Morgan fingerprint density at radius 3 is 1.98 bits per heavy atom. The zero-order valence-corrected chi connectivity index (χ0v) is 26.9. The molecule has 10 heteroatoms. The van der Waals surface area contributed by atoms with Crippen molar-refractivity contribution < 1.29 is 33.4 Å². The Kier molecular flexibility index (Phi) is 10.4. The van der Waals surface area contributed by atoms with E-state index in [1.54, 1.807) is 113 Å². The summed E-state index contributed by atoms with van der Waals surface area (Å²) >= 11 is 0. The Labute approximate surface area is 269 Å². The fourth-order valence-electron chi connectivity index (χ4n) is 5.56. The van der Waals surface area contributed by atoms with Crippen molar-refractivity contribution in [2.45, 2.75) is 58.8 Å². The van der Waals surface area contributed by atoms with Gasteiger partial charge in [0.15, 0.2) is 5.66 Å². The molecule has 46 heavy (non-hydrogen) atoms. The Morgan fingerprint density at radius 1 is 0.870 bits per heavy atom. The number of ether oxygens (including phenoxy) is 2. The standard InChI is InChI=1S/C36H39N3O7/c1-23(2)31-34(43)39(36(37-25(5)40,21-26-13-9-7-10-14-26)32(41)35(44)46-24(3)4)30(27-15-11-8-12-16-27)22-38(31)33(42)28-17-19-29(45-6)20-18-28/h7-20,22-24,31H,21H2,1-6H3,(H,37,40)/t31?,36-/m0/s1. The molecule has 4 rings (SSSR count). The third-order valence-corrected chi connectivity index (χ3v) is 7.52. The lowest BCUT2D eigenvalue weighted by Crippen LogP contribution is -2.72. The van der Waals surface area contributed by atoms with E-state index < -0.39 is 53.2 Å². The minimum Gasteiger partial charge on any atom is -0.497 e. The summed E-state index contributed by atoms with van der Waals surface area (Å²) in [6.07, 6.45) is 0.605.